The van der Waals surface area contributed by atoms with Crippen molar-refractivity contribution >= 4 is 37.8 Å². The van der Waals surface area contributed by atoms with Crippen LogP contribution in [0.1, 0.15) is 0 Å². The molecule has 0 spiro atoms. The Balaban J connectivity index is 0.000000392. The van der Waals surface area contributed by atoms with E-state index in [4.69, 9.17) is 17.7 Å². The third-order valence-electron chi connectivity index (χ3n) is 4.68. The number of hydrogen-bond acceptors (Lipinski definition) is 5. The maximum Gasteiger partial charge on any atom is 0.485 e. The van der Waals surface area contributed by atoms with Crippen LogP contribution in [0.2, 0.25) is 0 Å². The summed E-state index contributed by atoms with van der Waals surface area (Å²) >= 11 is 0. The van der Waals surface area contributed by atoms with Crippen LogP contribution >= 0.6 is 0 Å². The Hall–Kier alpha value is -3.60. The first-order valence-corrected chi connectivity index (χ1v) is 12.9. The third kappa shape index (κ3) is 6.54. The molecule has 0 amide bonds. The second-order valence-electron chi connectivity index (χ2n) is 7.06. The molecule has 0 unspecified atom stereocenters. The van der Waals surface area contributed by atoms with Crippen LogP contribution in [0.3, 0.4) is 0 Å². The van der Waals surface area contributed by atoms with E-state index in [1.165, 1.54) is 20.8 Å². The number of carbonyl (C=O) groups excluding carboxylic acids is 1. The van der Waals surface area contributed by atoms with Crippen LogP contribution in [0, 0.1) is 0 Å². The highest BCUT2D eigenvalue weighted by atomic mass is 32.2. The molecule has 5 nitrogen and oxygen atoms in total. The molecule has 0 aliphatic rings. The van der Waals surface area contributed by atoms with Crippen molar-refractivity contribution < 1.29 is 35.7 Å². The fourth-order valence-corrected chi connectivity index (χ4v) is 5.40. The predicted molar refractivity (Wildman–Crippen MR) is 131 cm³/mol. The Bertz CT molecular complexity index is 1420. The maximum atomic E-state index is 11.7. The van der Waals surface area contributed by atoms with Gasteiger partial charge in [-0.05, 0) is 42.5 Å². The van der Waals surface area contributed by atoms with Crippen molar-refractivity contribution in [2.75, 3.05) is 0 Å². The first kappa shape index (κ1) is 27.0. The normalized spacial score (nSPS) is 11.5. The van der Waals surface area contributed by atoms with Gasteiger partial charge < -0.3 is 9.29 Å². The van der Waals surface area contributed by atoms with Gasteiger partial charge >= 0.3 is 11.5 Å². The van der Waals surface area contributed by atoms with Gasteiger partial charge in [0.2, 0.25) is 0 Å². The molecule has 0 radical (unpaired) electrons. The number of benzene rings is 4. The van der Waals surface area contributed by atoms with Gasteiger partial charge in [-0.25, -0.2) is 13.2 Å². The van der Waals surface area contributed by atoms with Crippen molar-refractivity contribution in [3.8, 4) is 5.75 Å². The second-order valence-corrected chi connectivity index (χ2v) is 10.4. The minimum Gasteiger partial charge on any atom is -0.741 e. The quantitative estimate of drug-likeness (QED) is 0.0777. The van der Waals surface area contributed by atoms with Crippen molar-refractivity contribution in [1.29, 1.82) is 0 Å². The minimum atomic E-state index is -6.09. The Morgan fingerprint density at radius 3 is 1.69 bits per heavy atom. The Morgan fingerprint density at radius 1 is 0.806 bits per heavy atom. The highest BCUT2D eigenvalue weighted by Gasteiger charge is 2.37. The van der Waals surface area contributed by atoms with Crippen LogP contribution < -0.4 is 4.74 Å². The van der Waals surface area contributed by atoms with Crippen molar-refractivity contribution in [3.63, 3.8) is 0 Å². The van der Waals surface area contributed by atoms with E-state index >= 15 is 0 Å². The average Bonchev–Trinajstić information content (AvgIpc) is 2.86. The molecule has 4 rings (SSSR count). The number of fused-ring (bicyclic) bond motifs is 1. The summed E-state index contributed by atoms with van der Waals surface area (Å²) in [7, 11) is -6.36. The van der Waals surface area contributed by atoms with Crippen molar-refractivity contribution in [2.45, 2.75) is 20.2 Å². The summed E-state index contributed by atoms with van der Waals surface area (Å²) in [5.41, 5.74) is -5.65. The summed E-state index contributed by atoms with van der Waals surface area (Å²) in [4.78, 5) is 15.4. The smallest absolute Gasteiger partial charge is 0.485 e. The van der Waals surface area contributed by atoms with Gasteiger partial charge in [0.25, 0.3) is 0 Å². The molecule has 0 saturated carbocycles. The first-order valence-electron chi connectivity index (χ1n) is 10.3. The van der Waals surface area contributed by atoms with E-state index in [2.05, 4.69) is 67.2 Å². The van der Waals surface area contributed by atoms with Crippen LogP contribution in [-0.2, 0) is 25.8 Å². The summed E-state index contributed by atoms with van der Waals surface area (Å²) in [5.74, 6) is 0.0944. The van der Waals surface area contributed by atoms with Gasteiger partial charge in [0.1, 0.15) is 5.75 Å². The van der Waals surface area contributed by atoms with Crippen LogP contribution in [-0.4, -0.2) is 24.4 Å². The zero-order chi connectivity index (χ0) is 26.3. The van der Waals surface area contributed by atoms with Gasteiger partial charge in [-0.3, -0.25) is 0 Å². The lowest BCUT2D eigenvalue weighted by Gasteiger charge is -2.12. The molecule has 0 saturated heterocycles. The SMILES string of the molecule is C=CC(=O)Oc1ccc([S+](c2ccccc2)c2ccccc2)c2ccccc12.O=S(=O)([O-])C(F)(F)F. The lowest BCUT2D eigenvalue weighted by atomic mass is 10.1. The van der Waals surface area contributed by atoms with Gasteiger partial charge in [0.05, 0.1) is 10.9 Å². The Kier molecular flexibility index (Phi) is 8.57. The molecule has 0 bridgehead atoms. The van der Waals surface area contributed by atoms with Gasteiger partial charge in [-0.15, -0.1) is 0 Å². The number of hydrogen-bond donors (Lipinski definition) is 0. The van der Waals surface area contributed by atoms with Gasteiger partial charge in [0, 0.05) is 16.8 Å². The maximum absolute atomic E-state index is 11.7. The highest BCUT2D eigenvalue weighted by molar-refractivity contribution is 7.97. The van der Waals surface area contributed by atoms with E-state index in [1.54, 1.807) is 0 Å². The van der Waals surface area contributed by atoms with Gasteiger partial charge in [-0.2, -0.15) is 13.2 Å². The average molecular weight is 533 g/mol. The van der Waals surface area contributed by atoms with E-state index in [0.717, 1.165) is 10.8 Å². The molecule has 0 fully saturated rings. The summed E-state index contributed by atoms with van der Waals surface area (Å²) in [5, 5.41) is 1.99. The predicted octanol–water partition coefficient (Wildman–Crippen LogP) is 6.08. The molecule has 0 N–H and O–H groups in total. The lowest BCUT2D eigenvalue weighted by Crippen LogP contribution is -2.21. The number of alkyl halides is 3. The van der Waals surface area contributed by atoms with E-state index in [9.17, 15) is 18.0 Å². The number of ether oxygens (including phenoxy) is 1. The largest absolute Gasteiger partial charge is 0.741 e. The van der Waals surface area contributed by atoms with Gasteiger partial charge in [0.15, 0.2) is 24.8 Å². The summed E-state index contributed by atoms with van der Waals surface area (Å²) in [6.07, 6.45) is 1.18. The topological polar surface area (TPSA) is 83.5 Å². The molecule has 10 heteroatoms. The van der Waals surface area contributed by atoms with Gasteiger partial charge in [-0.1, -0.05) is 61.2 Å². The fourth-order valence-electron chi connectivity index (χ4n) is 3.16. The first-order chi connectivity index (χ1) is 17.0. The van der Waals surface area contributed by atoms with Crippen molar-refractivity contribution in [3.05, 3.63) is 110 Å². The molecule has 36 heavy (non-hydrogen) atoms. The van der Waals surface area contributed by atoms with Crippen molar-refractivity contribution in [1.82, 2.24) is 0 Å². The Labute approximate surface area is 208 Å². The third-order valence-corrected chi connectivity index (χ3v) is 7.53. The highest BCUT2D eigenvalue weighted by Crippen LogP contribution is 2.38. The molecular formula is C26H19F3O5S2. The van der Waals surface area contributed by atoms with E-state index in [0.29, 0.717) is 5.75 Å². The molecule has 186 valence electrons. The van der Waals surface area contributed by atoms with Crippen LogP contribution in [0.4, 0.5) is 13.2 Å². The minimum absolute atomic E-state index is 0.273. The lowest BCUT2D eigenvalue weighted by molar-refractivity contribution is -0.128. The second kappa shape index (κ2) is 11.4. The molecule has 0 aromatic heterocycles. The molecule has 0 atom stereocenters. The standard InChI is InChI=1S/C25H19O2S.CHF3O3S/c1-2-25(26)27-23-17-18-24(22-16-10-9-15-21(22)23)28(19-11-5-3-6-12-19)20-13-7-4-8-14-20;2-1(3,4)8(5,6)7/h2-18H,1H2;(H,5,6,7)/q+1;/p-1. The molecule has 0 aliphatic heterocycles. The molecule has 4 aromatic rings. The summed E-state index contributed by atoms with van der Waals surface area (Å²) in [6, 6.07) is 33.0. The van der Waals surface area contributed by atoms with Crippen LogP contribution in [0.25, 0.3) is 10.8 Å². The number of rotatable bonds is 5. The zero-order valence-corrected chi connectivity index (χ0v) is 20.1. The van der Waals surface area contributed by atoms with E-state index in [1.807, 2.05) is 36.4 Å². The monoisotopic (exact) mass is 532 g/mol. The number of esters is 1. The van der Waals surface area contributed by atoms with E-state index in [-0.39, 0.29) is 10.9 Å². The molecule has 0 aliphatic carbocycles. The number of carbonyl (C=O) groups is 1. The molecule has 0 heterocycles. The molecular weight excluding hydrogens is 513 g/mol. The number of halogens is 3. The zero-order valence-electron chi connectivity index (χ0n) is 18.5. The van der Waals surface area contributed by atoms with Crippen molar-refractivity contribution in [2.24, 2.45) is 0 Å². The summed E-state index contributed by atoms with van der Waals surface area (Å²) < 4.78 is 64.4. The van der Waals surface area contributed by atoms with Crippen LogP contribution in [0.5, 0.6) is 5.75 Å². The summed E-state index contributed by atoms with van der Waals surface area (Å²) in [6.45, 7) is 3.49. The van der Waals surface area contributed by atoms with E-state index < -0.39 is 21.6 Å². The fraction of sp³-hybridized carbons (Fsp3) is 0.0385. The Morgan fingerprint density at radius 2 is 1.25 bits per heavy atom. The van der Waals surface area contributed by atoms with Crippen LogP contribution in [0.15, 0.2) is 124 Å². The molecule has 4 aromatic carbocycles.